The van der Waals surface area contributed by atoms with Gasteiger partial charge < -0.3 is 19.5 Å². The fourth-order valence-corrected chi connectivity index (χ4v) is 4.35. The second-order valence-corrected chi connectivity index (χ2v) is 8.85. The van der Waals surface area contributed by atoms with Crippen molar-refractivity contribution >= 4 is 28.4 Å². The maximum atomic E-state index is 9.59. The molecule has 1 fully saturated rings. The minimum Gasteiger partial charge on any atom is -0.492 e. The second-order valence-electron chi connectivity index (χ2n) is 8.85. The van der Waals surface area contributed by atoms with E-state index in [4.69, 9.17) is 14.7 Å². The van der Waals surface area contributed by atoms with Crippen LogP contribution in [0.25, 0.3) is 22.3 Å². The molecule has 0 saturated carbocycles. The molecule has 10 heteroatoms. The molecule has 1 aliphatic heterocycles. The minimum atomic E-state index is -0.317. The number of aryl methyl sites for hydroxylation is 2. The van der Waals surface area contributed by atoms with Crippen LogP contribution in [0.4, 0.5) is 17.5 Å². The molecule has 0 aliphatic carbocycles. The zero-order valence-electron chi connectivity index (χ0n) is 20.3. The topological polar surface area (TPSA) is 118 Å². The van der Waals surface area contributed by atoms with Crippen LogP contribution in [0.2, 0.25) is 0 Å². The number of aromatic nitrogens is 6. The van der Waals surface area contributed by atoms with Crippen molar-refractivity contribution in [1.29, 1.82) is 5.26 Å². The predicted octanol–water partition coefficient (Wildman–Crippen LogP) is 4.01. The van der Waals surface area contributed by atoms with Crippen LogP contribution in [0.1, 0.15) is 26.0 Å². The third-order valence-corrected chi connectivity index (χ3v) is 6.37. The Kier molecular flexibility index (Phi) is 5.68. The fraction of sp³-hybridized carbons (Fsp3) is 0.360. The van der Waals surface area contributed by atoms with Crippen LogP contribution in [0.5, 0.6) is 5.75 Å². The predicted molar refractivity (Wildman–Crippen MR) is 134 cm³/mol. The number of fused-ring (bicyclic) bond motifs is 1. The van der Waals surface area contributed by atoms with Gasteiger partial charge in [0, 0.05) is 43.0 Å². The summed E-state index contributed by atoms with van der Waals surface area (Å²) in [6.07, 6.45) is 4.28. The van der Waals surface area contributed by atoms with Crippen LogP contribution in [0, 0.1) is 23.7 Å². The van der Waals surface area contributed by atoms with Crippen molar-refractivity contribution in [2.75, 3.05) is 29.9 Å². The van der Waals surface area contributed by atoms with Gasteiger partial charge in [-0.15, -0.1) is 10.2 Å². The molecule has 0 bridgehead atoms. The monoisotopic (exact) mass is 469 g/mol. The summed E-state index contributed by atoms with van der Waals surface area (Å²) >= 11 is 0. The lowest BCUT2D eigenvalue weighted by atomic mass is 9.79. The number of benzene rings is 1. The van der Waals surface area contributed by atoms with E-state index in [9.17, 15) is 5.26 Å². The Morgan fingerprint density at radius 3 is 2.71 bits per heavy atom. The average molecular weight is 470 g/mol. The van der Waals surface area contributed by atoms with Gasteiger partial charge in [-0.3, -0.25) is 0 Å². The number of anilines is 3. The standard InChI is InChI=1S/C25H27N9O/c1-5-25(12-26)13-34(14-25)23-21-18(9-16(3)29-23)11-27-24(31-21)30-19-8-7-17(10-20(19)35-6-2)22-32-28-15-33(22)4/h7-11,15H,5-6,13-14H2,1-4H3,(H,27,30,31). The lowest BCUT2D eigenvalue weighted by molar-refractivity contribution is 0.290. The average Bonchev–Trinajstić information content (AvgIpc) is 3.26. The number of nitrogens with zero attached hydrogens (tertiary/aromatic N) is 8. The Bertz CT molecular complexity index is 1430. The zero-order chi connectivity index (χ0) is 24.6. The number of hydrogen-bond donors (Lipinski definition) is 1. The Hall–Kier alpha value is -4.26. The largest absolute Gasteiger partial charge is 0.492 e. The molecule has 3 aromatic heterocycles. The van der Waals surface area contributed by atoms with E-state index >= 15 is 0 Å². The molecule has 4 heterocycles. The highest BCUT2D eigenvalue weighted by atomic mass is 16.5. The van der Waals surface area contributed by atoms with Gasteiger partial charge in [0.1, 0.15) is 17.6 Å². The number of rotatable bonds is 7. The van der Waals surface area contributed by atoms with Crippen LogP contribution < -0.4 is 15.0 Å². The third-order valence-electron chi connectivity index (χ3n) is 6.37. The Labute approximate surface area is 203 Å². The van der Waals surface area contributed by atoms with E-state index in [1.54, 1.807) is 12.5 Å². The lowest BCUT2D eigenvalue weighted by Crippen LogP contribution is -2.55. The molecular weight excluding hydrogens is 442 g/mol. The highest BCUT2D eigenvalue weighted by Gasteiger charge is 2.43. The van der Waals surface area contributed by atoms with Crippen LogP contribution in [-0.4, -0.2) is 49.4 Å². The SMILES string of the molecule is CCOc1cc(-c2nncn2C)ccc1Nc1ncc2cc(C)nc(N3CC(C#N)(CC)C3)c2n1. The molecule has 0 amide bonds. The van der Waals surface area contributed by atoms with Crippen molar-refractivity contribution in [3.8, 4) is 23.2 Å². The molecule has 1 aromatic carbocycles. The first-order valence-corrected chi connectivity index (χ1v) is 11.6. The van der Waals surface area contributed by atoms with Gasteiger partial charge in [0.2, 0.25) is 5.95 Å². The van der Waals surface area contributed by atoms with Crippen molar-refractivity contribution in [2.45, 2.75) is 27.2 Å². The Morgan fingerprint density at radius 2 is 2.03 bits per heavy atom. The van der Waals surface area contributed by atoms with Gasteiger partial charge >= 0.3 is 0 Å². The van der Waals surface area contributed by atoms with Gasteiger partial charge in [0.15, 0.2) is 11.6 Å². The minimum absolute atomic E-state index is 0.317. The molecule has 178 valence electrons. The van der Waals surface area contributed by atoms with Crippen molar-refractivity contribution in [3.05, 3.63) is 42.5 Å². The quantitative estimate of drug-likeness (QED) is 0.428. The molecule has 1 aliphatic rings. The van der Waals surface area contributed by atoms with E-state index in [0.717, 1.165) is 45.9 Å². The molecule has 5 rings (SSSR count). The summed E-state index contributed by atoms with van der Waals surface area (Å²) in [5, 5.41) is 21.9. The van der Waals surface area contributed by atoms with E-state index < -0.39 is 0 Å². The van der Waals surface area contributed by atoms with Crippen LogP contribution in [0.3, 0.4) is 0 Å². The van der Waals surface area contributed by atoms with Crippen LogP contribution in [-0.2, 0) is 7.05 Å². The molecule has 1 N–H and O–H groups in total. The van der Waals surface area contributed by atoms with E-state index in [0.29, 0.717) is 31.4 Å². The summed E-state index contributed by atoms with van der Waals surface area (Å²) in [6, 6.07) is 10.3. The zero-order valence-corrected chi connectivity index (χ0v) is 20.3. The number of pyridine rings is 1. The van der Waals surface area contributed by atoms with Gasteiger partial charge in [0.25, 0.3) is 0 Å². The van der Waals surface area contributed by atoms with E-state index in [1.807, 2.05) is 49.7 Å². The Morgan fingerprint density at radius 1 is 1.20 bits per heavy atom. The highest BCUT2D eigenvalue weighted by Crippen LogP contribution is 2.39. The van der Waals surface area contributed by atoms with Crippen molar-refractivity contribution in [1.82, 2.24) is 29.7 Å². The molecule has 10 nitrogen and oxygen atoms in total. The molecule has 0 unspecified atom stereocenters. The summed E-state index contributed by atoms with van der Waals surface area (Å²) in [7, 11) is 1.90. The maximum Gasteiger partial charge on any atom is 0.227 e. The van der Waals surface area contributed by atoms with Gasteiger partial charge in [-0.2, -0.15) is 5.26 Å². The van der Waals surface area contributed by atoms with Gasteiger partial charge in [-0.1, -0.05) is 6.92 Å². The smallest absolute Gasteiger partial charge is 0.227 e. The highest BCUT2D eigenvalue weighted by molar-refractivity contribution is 5.90. The first kappa shape index (κ1) is 22.5. The molecule has 0 radical (unpaired) electrons. The molecule has 35 heavy (non-hydrogen) atoms. The summed E-state index contributed by atoms with van der Waals surface area (Å²) in [6.45, 7) is 7.76. The van der Waals surface area contributed by atoms with Gasteiger partial charge in [-0.25, -0.2) is 15.0 Å². The van der Waals surface area contributed by atoms with Gasteiger partial charge in [0.05, 0.1) is 23.8 Å². The van der Waals surface area contributed by atoms with E-state index in [2.05, 4.69) is 38.4 Å². The number of hydrogen-bond acceptors (Lipinski definition) is 9. The van der Waals surface area contributed by atoms with Crippen LogP contribution in [0.15, 0.2) is 36.8 Å². The van der Waals surface area contributed by atoms with Crippen molar-refractivity contribution in [3.63, 3.8) is 0 Å². The molecule has 0 atom stereocenters. The van der Waals surface area contributed by atoms with Crippen molar-refractivity contribution < 1.29 is 4.74 Å². The Balaban J connectivity index is 1.49. The van der Waals surface area contributed by atoms with E-state index in [1.165, 1.54) is 0 Å². The second kappa shape index (κ2) is 8.83. The summed E-state index contributed by atoms with van der Waals surface area (Å²) in [5.41, 5.74) is 2.97. The molecule has 1 saturated heterocycles. The van der Waals surface area contributed by atoms with Crippen molar-refractivity contribution in [2.24, 2.45) is 12.5 Å². The first-order valence-electron chi connectivity index (χ1n) is 11.6. The molecule has 0 spiro atoms. The van der Waals surface area contributed by atoms with Crippen LogP contribution >= 0.6 is 0 Å². The summed E-state index contributed by atoms with van der Waals surface area (Å²) in [4.78, 5) is 16.2. The maximum absolute atomic E-state index is 9.59. The summed E-state index contributed by atoms with van der Waals surface area (Å²) in [5.74, 6) is 2.65. The fourth-order valence-electron chi connectivity index (χ4n) is 4.35. The number of ether oxygens (including phenoxy) is 1. The van der Waals surface area contributed by atoms with Gasteiger partial charge in [-0.05, 0) is 44.5 Å². The molecule has 4 aromatic rings. The van der Waals surface area contributed by atoms with E-state index in [-0.39, 0.29) is 5.41 Å². The first-order chi connectivity index (χ1) is 16.9. The number of nitriles is 1. The lowest BCUT2D eigenvalue weighted by Gasteiger charge is -2.46. The molecular formula is C25H27N9O. The normalized spacial score (nSPS) is 14.4. The number of nitrogens with one attached hydrogen (secondary N) is 1. The third kappa shape index (κ3) is 4.10. The summed E-state index contributed by atoms with van der Waals surface area (Å²) < 4.78 is 7.76.